The highest BCUT2D eigenvalue weighted by atomic mass is 16.5. The first-order valence-electron chi connectivity index (χ1n) is 10.1. The maximum absolute atomic E-state index is 11.9. The summed E-state index contributed by atoms with van der Waals surface area (Å²) in [6.45, 7) is 13.2. The van der Waals surface area contributed by atoms with Crippen LogP contribution in [0.1, 0.15) is 86.5 Å². The second-order valence-corrected chi connectivity index (χ2v) is 7.79. The molecule has 4 nitrogen and oxygen atoms in total. The zero-order chi connectivity index (χ0) is 19.2. The standard InChI is InChI=1S/C21H40O4/c1-7-9-11-18(5)20(22)24-14-16(3)13-17(4)15-25-21(23)19(6)12-10-8-2/h16-19H,7-15H2,1-6H3. The Labute approximate surface area is 155 Å². The molecule has 0 rings (SSSR count). The van der Waals surface area contributed by atoms with Crippen molar-refractivity contribution in [2.24, 2.45) is 23.7 Å². The number of ether oxygens (including phenoxy) is 2. The van der Waals surface area contributed by atoms with Crippen molar-refractivity contribution in [1.29, 1.82) is 0 Å². The van der Waals surface area contributed by atoms with Gasteiger partial charge in [0.2, 0.25) is 0 Å². The topological polar surface area (TPSA) is 52.6 Å². The average molecular weight is 357 g/mol. The molecule has 0 amide bonds. The third-order valence-electron chi connectivity index (χ3n) is 4.61. The normalized spacial score (nSPS) is 15.9. The highest BCUT2D eigenvalue weighted by Crippen LogP contribution is 2.16. The second-order valence-electron chi connectivity index (χ2n) is 7.79. The van der Waals surface area contributed by atoms with Gasteiger partial charge in [0.1, 0.15) is 0 Å². The predicted octanol–water partition coefficient (Wildman–Crippen LogP) is 5.39. The van der Waals surface area contributed by atoms with Gasteiger partial charge in [-0.15, -0.1) is 0 Å². The largest absolute Gasteiger partial charge is 0.465 e. The van der Waals surface area contributed by atoms with Crippen LogP contribution < -0.4 is 0 Å². The van der Waals surface area contributed by atoms with Crippen LogP contribution in [-0.4, -0.2) is 25.2 Å². The zero-order valence-electron chi connectivity index (χ0n) is 17.3. The summed E-state index contributed by atoms with van der Waals surface area (Å²) in [5.74, 6) is 0.320. The second kappa shape index (κ2) is 14.1. The van der Waals surface area contributed by atoms with E-state index in [2.05, 4.69) is 27.7 Å². The monoisotopic (exact) mass is 356 g/mol. The molecule has 4 atom stereocenters. The van der Waals surface area contributed by atoms with Crippen molar-refractivity contribution in [3.05, 3.63) is 0 Å². The molecule has 0 aromatic rings. The summed E-state index contributed by atoms with van der Waals surface area (Å²) in [4.78, 5) is 23.8. The first-order valence-corrected chi connectivity index (χ1v) is 10.1. The summed E-state index contributed by atoms with van der Waals surface area (Å²) in [7, 11) is 0. The first kappa shape index (κ1) is 23.9. The Morgan fingerprint density at radius 3 is 1.40 bits per heavy atom. The fourth-order valence-corrected chi connectivity index (χ4v) is 2.81. The van der Waals surface area contributed by atoms with Crippen LogP contribution in [0.5, 0.6) is 0 Å². The predicted molar refractivity (Wildman–Crippen MR) is 102 cm³/mol. The molecule has 0 fully saturated rings. The number of unbranched alkanes of at least 4 members (excludes halogenated alkanes) is 2. The molecule has 148 valence electrons. The van der Waals surface area contributed by atoms with Gasteiger partial charge in [0, 0.05) is 0 Å². The lowest BCUT2D eigenvalue weighted by Gasteiger charge is -2.19. The van der Waals surface area contributed by atoms with Crippen molar-refractivity contribution in [1.82, 2.24) is 0 Å². The Balaban J connectivity index is 3.96. The summed E-state index contributed by atoms with van der Waals surface area (Å²) in [5, 5.41) is 0. The number of rotatable bonds is 14. The molecular formula is C21H40O4. The molecule has 0 bridgehead atoms. The minimum Gasteiger partial charge on any atom is -0.465 e. The summed E-state index contributed by atoms with van der Waals surface area (Å²) in [5.41, 5.74) is 0. The van der Waals surface area contributed by atoms with Gasteiger partial charge in [0.25, 0.3) is 0 Å². The highest BCUT2D eigenvalue weighted by molar-refractivity contribution is 5.72. The Kier molecular flexibility index (Phi) is 13.5. The van der Waals surface area contributed by atoms with E-state index in [1.165, 1.54) is 0 Å². The van der Waals surface area contributed by atoms with Gasteiger partial charge >= 0.3 is 11.9 Å². The minimum absolute atomic E-state index is 0.0184. The van der Waals surface area contributed by atoms with Gasteiger partial charge in [-0.2, -0.15) is 0 Å². The van der Waals surface area contributed by atoms with Crippen molar-refractivity contribution in [3.8, 4) is 0 Å². The molecular weight excluding hydrogens is 316 g/mol. The van der Waals surface area contributed by atoms with E-state index in [1.807, 2.05) is 13.8 Å². The summed E-state index contributed by atoms with van der Waals surface area (Å²) in [6.07, 6.45) is 6.99. The third-order valence-corrected chi connectivity index (χ3v) is 4.61. The molecule has 0 heterocycles. The van der Waals surface area contributed by atoms with Gasteiger partial charge in [-0.05, 0) is 31.1 Å². The van der Waals surface area contributed by atoms with Crippen molar-refractivity contribution >= 4 is 11.9 Å². The Morgan fingerprint density at radius 1 is 0.720 bits per heavy atom. The molecule has 0 aromatic heterocycles. The summed E-state index contributed by atoms with van der Waals surface area (Å²) >= 11 is 0. The maximum atomic E-state index is 11.9. The molecule has 4 heteroatoms. The van der Waals surface area contributed by atoms with E-state index < -0.39 is 0 Å². The number of carbonyl (C=O) groups excluding carboxylic acids is 2. The van der Waals surface area contributed by atoms with Gasteiger partial charge in [-0.25, -0.2) is 0 Å². The van der Waals surface area contributed by atoms with Crippen LogP contribution in [0.15, 0.2) is 0 Å². The van der Waals surface area contributed by atoms with Crippen LogP contribution in [0.3, 0.4) is 0 Å². The van der Waals surface area contributed by atoms with Gasteiger partial charge in [-0.1, -0.05) is 67.2 Å². The molecule has 0 saturated carbocycles. The van der Waals surface area contributed by atoms with Gasteiger partial charge < -0.3 is 9.47 Å². The van der Waals surface area contributed by atoms with Crippen LogP contribution in [0.4, 0.5) is 0 Å². The van der Waals surface area contributed by atoms with Gasteiger partial charge in [0.05, 0.1) is 25.0 Å². The van der Waals surface area contributed by atoms with Gasteiger partial charge in [0.15, 0.2) is 0 Å². The van der Waals surface area contributed by atoms with E-state index in [0.29, 0.717) is 13.2 Å². The number of esters is 2. The van der Waals surface area contributed by atoms with E-state index in [-0.39, 0.29) is 35.6 Å². The lowest BCUT2D eigenvalue weighted by Crippen LogP contribution is -2.22. The van der Waals surface area contributed by atoms with E-state index in [4.69, 9.17) is 9.47 Å². The SMILES string of the molecule is CCCCC(C)C(=O)OCC(C)CC(C)COC(=O)C(C)CCCC. The van der Waals surface area contributed by atoms with Crippen molar-refractivity contribution < 1.29 is 19.1 Å². The zero-order valence-corrected chi connectivity index (χ0v) is 17.3. The fraction of sp³-hybridized carbons (Fsp3) is 0.905. The number of hydrogen-bond donors (Lipinski definition) is 0. The smallest absolute Gasteiger partial charge is 0.308 e. The highest BCUT2D eigenvalue weighted by Gasteiger charge is 2.18. The van der Waals surface area contributed by atoms with Crippen LogP contribution in [-0.2, 0) is 19.1 Å². The van der Waals surface area contributed by atoms with E-state index in [0.717, 1.165) is 44.9 Å². The van der Waals surface area contributed by atoms with Crippen LogP contribution in [0.2, 0.25) is 0 Å². The third kappa shape index (κ3) is 12.0. The van der Waals surface area contributed by atoms with Crippen molar-refractivity contribution in [3.63, 3.8) is 0 Å². The molecule has 0 aromatic carbocycles. The average Bonchev–Trinajstić information content (AvgIpc) is 2.59. The van der Waals surface area contributed by atoms with E-state index in [9.17, 15) is 9.59 Å². The van der Waals surface area contributed by atoms with Crippen molar-refractivity contribution in [2.45, 2.75) is 86.5 Å². The van der Waals surface area contributed by atoms with Crippen LogP contribution in [0.25, 0.3) is 0 Å². The summed E-state index contributed by atoms with van der Waals surface area (Å²) < 4.78 is 10.8. The minimum atomic E-state index is -0.0934. The Morgan fingerprint density at radius 2 is 1.08 bits per heavy atom. The molecule has 0 spiro atoms. The quantitative estimate of drug-likeness (QED) is 0.392. The maximum Gasteiger partial charge on any atom is 0.308 e. The Bertz CT molecular complexity index is 333. The lowest BCUT2D eigenvalue weighted by atomic mass is 9.98. The fourth-order valence-electron chi connectivity index (χ4n) is 2.81. The molecule has 0 N–H and O–H groups in total. The Hall–Kier alpha value is -1.06. The molecule has 25 heavy (non-hydrogen) atoms. The lowest BCUT2D eigenvalue weighted by molar-refractivity contribution is -0.150. The van der Waals surface area contributed by atoms with Crippen LogP contribution in [0, 0.1) is 23.7 Å². The van der Waals surface area contributed by atoms with Crippen molar-refractivity contribution in [2.75, 3.05) is 13.2 Å². The molecule has 0 radical (unpaired) electrons. The van der Waals surface area contributed by atoms with Gasteiger partial charge in [-0.3, -0.25) is 9.59 Å². The molecule has 0 saturated heterocycles. The number of carbonyl (C=O) groups is 2. The molecule has 0 aliphatic rings. The van der Waals surface area contributed by atoms with E-state index >= 15 is 0 Å². The van der Waals surface area contributed by atoms with E-state index in [1.54, 1.807) is 0 Å². The number of hydrogen-bond acceptors (Lipinski definition) is 4. The van der Waals surface area contributed by atoms with Crippen LogP contribution >= 0.6 is 0 Å². The summed E-state index contributed by atoms with van der Waals surface area (Å²) in [6, 6.07) is 0. The molecule has 4 unspecified atom stereocenters. The molecule has 0 aliphatic carbocycles. The molecule has 0 aliphatic heterocycles. The first-order chi connectivity index (χ1) is 11.8.